The molecule has 0 aliphatic carbocycles. The summed E-state index contributed by atoms with van der Waals surface area (Å²) < 4.78 is 0. The van der Waals surface area contributed by atoms with E-state index in [1.165, 1.54) is 18.3 Å². The first kappa shape index (κ1) is 13.3. The quantitative estimate of drug-likeness (QED) is 0.384. The number of anilines is 1. The van der Waals surface area contributed by atoms with Crippen molar-refractivity contribution < 1.29 is 9.72 Å². The monoisotopic (exact) mass is 304 g/mol. The van der Waals surface area contributed by atoms with Crippen LogP contribution in [-0.2, 0) is 0 Å². The lowest BCUT2D eigenvalue weighted by atomic mass is 10.0. The van der Waals surface area contributed by atoms with E-state index >= 15 is 0 Å². The van der Waals surface area contributed by atoms with Gasteiger partial charge in [-0.15, -0.1) is 0 Å². The summed E-state index contributed by atoms with van der Waals surface area (Å²) in [6, 6.07) is 7.60. The summed E-state index contributed by atoms with van der Waals surface area (Å²) >= 11 is 5.90. The smallest absolute Gasteiger partial charge is 0.270 e. The molecule has 1 aliphatic heterocycles. The van der Waals surface area contributed by atoms with Crippen molar-refractivity contribution in [1.82, 2.24) is 10.3 Å². The number of hydrogen-bond donors (Lipinski definition) is 2. The van der Waals surface area contributed by atoms with Gasteiger partial charge in [-0.1, -0.05) is 23.7 Å². The zero-order valence-corrected chi connectivity index (χ0v) is 11.3. The lowest BCUT2D eigenvalue weighted by molar-refractivity contribution is -0.384. The summed E-state index contributed by atoms with van der Waals surface area (Å²) in [5, 5.41) is 16.3. The average molecular weight is 305 g/mol. The molecule has 3 rings (SSSR count). The number of carbonyl (C=O) groups excluding carboxylic acids is 1. The minimum absolute atomic E-state index is 0.0467. The van der Waals surface area contributed by atoms with E-state index in [-0.39, 0.29) is 11.6 Å². The van der Waals surface area contributed by atoms with Crippen molar-refractivity contribution in [2.45, 2.75) is 5.62 Å². The van der Waals surface area contributed by atoms with Crippen LogP contribution in [0, 0.1) is 10.1 Å². The van der Waals surface area contributed by atoms with Gasteiger partial charge in [0.25, 0.3) is 11.6 Å². The molecule has 0 saturated carbocycles. The number of pyridine rings is 1. The fourth-order valence-corrected chi connectivity index (χ4v) is 2.35. The Morgan fingerprint density at radius 2 is 2.10 bits per heavy atom. The molecular formula is C13H9ClN4O3. The third kappa shape index (κ3) is 2.38. The number of alkyl halides is 1. The normalized spacial score (nSPS) is 16.6. The van der Waals surface area contributed by atoms with Gasteiger partial charge in [-0.3, -0.25) is 19.9 Å². The summed E-state index contributed by atoms with van der Waals surface area (Å²) in [6.45, 7) is 0. The molecule has 1 unspecified atom stereocenters. The van der Waals surface area contributed by atoms with Crippen molar-refractivity contribution in [2.75, 3.05) is 5.32 Å². The van der Waals surface area contributed by atoms with Gasteiger partial charge in [0.1, 0.15) is 0 Å². The van der Waals surface area contributed by atoms with Crippen molar-refractivity contribution in [3.05, 3.63) is 52.2 Å². The second-order valence-electron chi connectivity index (χ2n) is 4.37. The van der Waals surface area contributed by atoms with Gasteiger partial charge in [0.05, 0.1) is 21.9 Å². The third-order valence-electron chi connectivity index (χ3n) is 3.05. The van der Waals surface area contributed by atoms with E-state index in [9.17, 15) is 14.9 Å². The number of amides is 1. The molecule has 0 fully saturated rings. The summed E-state index contributed by atoms with van der Waals surface area (Å²) in [5.41, 5.74) is 1.02. The van der Waals surface area contributed by atoms with Gasteiger partial charge in [-0.25, -0.2) is 0 Å². The molecule has 2 aromatic rings. The predicted molar refractivity (Wildman–Crippen MR) is 77.1 cm³/mol. The van der Waals surface area contributed by atoms with Crippen molar-refractivity contribution >= 4 is 28.9 Å². The molecule has 1 amide bonds. The number of benzene rings is 1. The van der Waals surface area contributed by atoms with E-state index in [2.05, 4.69) is 15.6 Å². The van der Waals surface area contributed by atoms with Crippen LogP contribution in [0.3, 0.4) is 0 Å². The fourth-order valence-electron chi connectivity index (χ4n) is 2.14. The van der Waals surface area contributed by atoms with Crippen LogP contribution in [0.4, 0.5) is 11.4 Å². The molecule has 1 atom stereocenters. The van der Waals surface area contributed by atoms with Crippen LogP contribution in [0.2, 0.25) is 0 Å². The molecule has 1 aliphatic rings. The minimum atomic E-state index is -0.758. The van der Waals surface area contributed by atoms with Crippen LogP contribution < -0.4 is 10.6 Å². The largest absolute Gasteiger partial charge is 0.350 e. The Morgan fingerprint density at radius 3 is 2.86 bits per heavy atom. The second kappa shape index (κ2) is 5.02. The van der Waals surface area contributed by atoms with Crippen LogP contribution in [0.5, 0.6) is 0 Å². The zero-order chi connectivity index (χ0) is 15.0. The number of fused-ring (bicyclic) bond motifs is 1. The van der Waals surface area contributed by atoms with Gasteiger partial charge in [-0.2, -0.15) is 0 Å². The lowest BCUT2D eigenvalue weighted by Gasteiger charge is -2.24. The summed E-state index contributed by atoms with van der Waals surface area (Å²) in [7, 11) is 0. The molecule has 2 N–H and O–H groups in total. The summed E-state index contributed by atoms with van der Waals surface area (Å²) in [4.78, 5) is 26.5. The number of nitro groups is 1. The number of nitrogens with zero attached hydrogens (tertiary/aromatic N) is 2. The summed E-state index contributed by atoms with van der Waals surface area (Å²) in [6.07, 6.45) is 1.48. The van der Waals surface area contributed by atoms with Crippen molar-refractivity contribution in [2.24, 2.45) is 0 Å². The van der Waals surface area contributed by atoms with Crippen LogP contribution >= 0.6 is 11.6 Å². The first-order chi connectivity index (χ1) is 10.1. The van der Waals surface area contributed by atoms with Crippen LogP contribution in [0.15, 0.2) is 36.5 Å². The average Bonchev–Trinajstić information content (AvgIpc) is 2.46. The van der Waals surface area contributed by atoms with Crippen LogP contribution in [0.1, 0.15) is 10.4 Å². The van der Waals surface area contributed by atoms with E-state index in [1.54, 1.807) is 18.2 Å². The highest BCUT2D eigenvalue weighted by Crippen LogP contribution is 2.33. The summed E-state index contributed by atoms with van der Waals surface area (Å²) in [5.74, 6) is -0.321. The Kier molecular flexibility index (Phi) is 3.19. The van der Waals surface area contributed by atoms with Gasteiger partial charge >= 0.3 is 0 Å². The van der Waals surface area contributed by atoms with Crippen molar-refractivity contribution in [1.29, 1.82) is 0 Å². The Bertz CT molecular complexity index is 750. The number of carbonyl (C=O) groups is 1. The van der Waals surface area contributed by atoms with Gasteiger partial charge in [0.2, 0.25) is 0 Å². The molecule has 8 heteroatoms. The predicted octanol–water partition coefficient (Wildman–Crippen LogP) is 2.33. The molecule has 0 spiro atoms. The maximum atomic E-state index is 11.9. The van der Waals surface area contributed by atoms with Gasteiger partial charge < -0.3 is 10.6 Å². The second-order valence-corrected chi connectivity index (χ2v) is 4.81. The molecule has 1 aromatic heterocycles. The molecular weight excluding hydrogens is 296 g/mol. The Balaban J connectivity index is 2.16. The topological polar surface area (TPSA) is 97.2 Å². The number of aromatic nitrogens is 1. The van der Waals surface area contributed by atoms with Crippen LogP contribution in [0.25, 0.3) is 11.3 Å². The molecule has 7 nitrogen and oxygen atoms in total. The van der Waals surface area contributed by atoms with Gasteiger partial charge in [-0.05, 0) is 6.07 Å². The molecule has 2 heterocycles. The maximum Gasteiger partial charge on any atom is 0.270 e. The number of nitro benzene ring substituents is 1. The number of halogens is 1. The zero-order valence-electron chi connectivity index (χ0n) is 10.5. The Hall–Kier alpha value is -2.67. The fraction of sp³-hybridized carbons (Fsp3) is 0.0769. The van der Waals surface area contributed by atoms with E-state index in [1.807, 2.05) is 0 Å². The Morgan fingerprint density at radius 1 is 1.29 bits per heavy atom. The van der Waals surface area contributed by atoms with E-state index in [0.717, 1.165) is 0 Å². The number of rotatable bonds is 2. The van der Waals surface area contributed by atoms with E-state index in [0.29, 0.717) is 22.5 Å². The molecule has 0 radical (unpaired) electrons. The first-order valence-electron chi connectivity index (χ1n) is 6.01. The lowest BCUT2D eigenvalue weighted by Crippen LogP contribution is -2.41. The minimum Gasteiger partial charge on any atom is -0.350 e. The highest BCUT2D eigenvalue weighted by molar-refractivity contribution is 6.24. The highest BCUT2D eigenvalue weighted by atomic mass is 35.5. The molecule has 0 bridgehead atoms. The maximum absolute atomic E-state index is 11.9. The first-order valence-corrected chi connectivity index (χ1v) is 6.45. The molecule has 1 aromatic carbocycles. The van der Waals surface area contributed by atoms with Crippen molar-refractivity contribution in [3.8, 4) is 11.3 Å². The Labute approximate surface area is 124 Å². The molecule has 21 heavy (non-hydrogen) atoms. The van der Waals surface area contributed by atoms with E-state index < -0.39 is 10.5 Å². The van der Waals surface area contributed by atoms with E-state index in [4.69, 9.17) is 11.6 Å². The standard InChI is InChI=1S/C13H9ClN4O3/c14-13-16-11-9(12(19)17-13)4-5-15-10(11)7-2-1-3-8(6-7)18(20)21/h1-6,13,16H,(H,17,19). The number of non-ortho nitro benzene ring substituents is 1. The SMILES string of the molecule is O=C1NC(Cl)Nc2c1ccnc2-c1cccc([N+](=O)[O-])c1. The van der Waals surface area contributed by atoms with Gasteiger partial charge in [0.15, 0.2) is 5.62 Å². The highest BCUT2D eigenvalue weighted by Gasteiger charge is 2.25. The number of nitrogens with one attached hydrogen (secondary N) is 2. The number of hydrogen-bond acceptors (Lipinski definition) is 5. The third-order valence-corrected chi connectivity index (χ3v) is 3.27. The molecule has 0 saturated heterocycles. The van der Waals surface area contributed by atoms with Crippen LogP contribution in [-0.4, -0.2) is 21.4 Å². The molecule has 106 valence electrons. The van der Waals surface area contributed by atoms with Crippen molar-refractivity contribution in [3.63, 3.8) is 0 Å². The van der Waals surface area contributed by atoms with Gasteiger partial charge in [0, 0.05) is 23.9 Å².